The summed E-state index contributed by atoms with van der Waals surface area (Å²) in [6, 6.07) is 7.95. The molecule has 1 rings (SSSR count). The zero-order valence-electron chi connectivity index (χ0n) is 13.4. The Bertz CT molecular complexity index is 449. The highest BCUT2D eigenvalue weighted by molar-refractivity contribution is 5.89. The molecule has 118 valence electrons. The van der Waals surface area contributed by atoms with Gasteiger partial charge >= 0.3 is 6.03 Å². The largest absolute Gasteiger partial charge is 0.396 e. The molecule has 0 saturated carbocycles. The Labute approximate surface area is 127 Å². The fraction of sp³-hybridized carbons (Fsp3) is 0.562. The van der Waals surface area contributed by atoms with Gasteiger partial charge in [0.2, 0.25) is 0 Å². The molecular weight excluding hydrogens is 266 g/mol. The molecule has 2 amide bonds. The number of aliphatic hydroxyl groups excluding tert-OH is 1. The second kappa shape index (κ2) is 8.52. The zero-order chi connectivity index (χ0) is 15.8. The lowest BCUT2D eigenvalue weighted by Crippen LogP contribution is -2.32. The normalized spacial score (nSPS) is 12.1. The van der Waals surface area contributed by atoms with Crippen molar-refractivity contribution in [1.82, 2.24) is 5.32 Å². The Kier molecular flexibility index (Phi) is 7.02. The van der Waals surface area contributed by atoms with Gasteiger partial charge in [0, 0.05) is 37.6 Å². The summed E-state index contributed by atoms with van der Waals surface area (Å²) < 4.78 is 0. The number of aliphatic hydroxyl groups is 1. The highest BCUT2D eigenvalue weighted by atomic mass is 16.3. The van der Waals surface area contributed by atoms with Crippen LogP contribution >= 0.6 is 0 Å². The van der Waals surface area contributed by atoms with Crippen molar-refractivity contribution in [1.29, 1.82) is 0 Å². The van der Waals surface area contributed by atoms with E-state index >= 15 is 0 Å². The molecule has 0 radical (unpaired) electrons. The van der Waals surface area contributed by atoms with Crippen molar-refractivity contribution in [2.45, 2.75) is 33.2 Å². The van der Waals surface area contributed by atoms with Gasteiger partial charge in [-0.25, -0.2) is 4.79 Å². The topological polar surface area (TPSA) is 64.6 Å². The molecule has 5 nitrogen and oxygen atoms in total. The van der Waals surface area contributed by atoms with Gasteiger partial charge in [-0.15, -0.1) is 0 Å². The summed E-state index contributed by atoms with van der Waals surface area (Å²) in [6.45, 7) is 6.94. The van der Waals surface area contributed by atoms with E-state index in [-0.39, 0.29) is 18.6 Å². The second-order valence-corrected chi connectivity index (χ2v) is 5.71. The Morgan fingerprint density at radius 2 is 2.05 bits per heavy atom. The van der Waals surface area contributed by atoms with Gasteiger partial charge < -0.3 is 20.6 Å². The molecule has 0 heterocycles. The second-order valence-electron chi connectivity index (χ2n) is 5.71. The highest BCUT2D eigenvalue weighted by Crippen LogP contribution is 2.19. The molecule has 0 saturated heterocycles. The predicted octanol–water partition coefficient (Wildman–Crippen LogP) is 2.67. The van der Waals surface area contributed by atoms with E-state index in [0.717, 1.165) is 11.4 Å². The first-order valence-electron chi connectivity index (χ1n) is 7.42. The van der Waals surface area contributed by atoms with Crippen molar-refractivity contribution in [2.75, 3.05) is 30.4 Å². The first-order valence-corrected chi connectivity index (χ1v) is 7.42. The van der Waals surface area contributed by atoms with Gasteiger partial charge in [0.05, 0.1) is 0 Å². The number of nitrogens with zero attached hydrogens (tertiary/aromatic N) is 1. The van der Waals surface area contributed by atoms with Gasteiger partial charge in [-0.1, -0.05) is 13.0 Å². The first kappa shape index (κ1) is 17.3. The Balaban J connectivity index is 2.54. The average Bonchev–Trinajstić information content (AvgIpc) is 2.45. The van der Waals surface area contributed by atoms with Crippen molar-refractivity contribution >= 4 is 17.4 Å². The van der Waals surface area contributed by atoms with E-state index in [1.54, 1.807) is 0 Å². The number of hydrogen-bond acceptors (Lipinski definition) is 3. The van der Waals surface area contributed by atoms with Crippen molar-refractivity contribution in [2.24, 2.45) is 5.92 Å². The van der Waals surface area contributed by atoms with E-state index < -0.39 is 0 Å². The predicted molar refractivity (Wildman–Crippen MR) is 87.9 cm³/mol. The first-order chi connectivity index (χ1) is 9.93. The molecule has 0 spiro atoms. The molecule has 1 unspecified atom stereocenters. The fourth-order valence-electron chi connectivity index (χ4n) is 1.87. The minimum absolute atomic E-state index is 0.147. The number of nitrogens with one attached hydrogen (secondary N) is 2. The maximum atomic E-state index is 11.8. The van der Waals surface area contributed by atoms with Gasteiger partial charge in [0.1, 0.15) is 0 Å². The highest BCUT2D eigenvalue weighted by Gasteiger charge is 2.08. The third-order valence-corrected chi connectivity index (χ3v) is 3.52. The van der Waals surface area contributed by atoms with Gasteiger partial charge in [0.15, 0.2) is 0 Å². The van der Waals surface area contributed by atoms with E-state index in [4.69, 9.17) is 5.11 Å². The van der Waals surface area contributed by atoms with Crippen LogP contribution in [-0.4, -0.2) is 37.4 Å². The monoisotopic (exact) mass is 293 g/mol. The van der Waals surface area contributed by atoms with Gasteiger partial charge in [-0.05, 0) is 44.4 Å². The van der Waals surface area contributed by atoms with E-state index in [2.05, 4.69) is 29.4 Å². The van der Waals surface area contributed by atoms with Crippen LogP contribution in [-0.2, 0) is 0 Å². The lowest BCUT2D eigenvalue weighted by atomic mass is 10.1. The van der Waals surface area contributed by atoms with Crippen LogP contribution < -0.4 is 15.5 Å². The summed E-state index contributed by atoms with van der Waals surface area (Å²) in [5.74, 6) is 0.263. The zero-order valence-corrected chi connectivity index (χ0v) is 13.4. The van der Waals surface area contributed by atoms with Crippen LogP contribution in [0.3, 0.4) is 0 Å². The maximum absolute atomic E-state index is 11.8. The summed E-state index contributed by atoms with van der Waals surface area (Å²) >= 11 is 0. The van der Waals surface area contributed by atoms with Crippen LogP contribution in [0.15, 0.2) is 24.3 Å². The molecule has 1 atom stereocenters. The third kappa shape index (κ3) is 6.04. The standard InChI is InChI=1S/C16H27N3O2/c1-12(2)19(4)15-7-5-6-14(10-15)18-16(21)17-11-13(3)8-9-20/h5-7,10,12-13,20H,8-9,11H2,1-4H3,(H2,17,18,21). The van der Waals surface area contributed by atoms with E-state index in [9.17, 15) is 4.79 Å². The molecule has 3 N–H and O–H groups in total. The maximum Gasteiger partial charge on any atom is 0.319 e. The van der Waals surface area contributed by atoms with Gasteiger partial charge in [-0.2, -0.15) is 0 Å². The Morgan fingerprint density at radius 1 is 1.33 bits per heavy atom. The van der Waals surface area contributed by atoms with Crippen LogP contribution in [0.2, 0.25) is 0 Å². The molecule has 0 bridgehead atoms. The van der Waals surface area contributed by atoms with Crippen molar-refractivity contribution in [3.63, 3.8) is 0 Å². The summed E-state index contributed by atoms with van der Waals surface area (Å²) in [4.78, 5) is 14.0. The molecule has 5 heteroatoms. The molecule has 0 aromatic heterocycles. The number of carbonyl (C=O) groups is 1. The SMILES string of the molecule is CC(CCO)CNC(=O)Nc1cccc(N(C)C(C)C)c1. The molecule has 1 aromatic rings. The molecule has 0 aliphatic heterocycles. The quantitative estimate of drug-likeness (QED) is 0.724. The summed E-state index contributed by atoms with van der Waals surface area (Å²) in [5, 5.41) is 14.5. The van der Waals surface area contributed by atoms with Crippen molar-refractivity contribution < 1.29 is 9.90 Å². The van der Waals surface area contributed by atoms with Crippen LogP contribution in [0.4, 0.5) is 16.2 Å². The van der Waals surface area contributed by atoms with Crippen LogP contribution in [0.5, 0.6) is 0 Å². The Morgan fingerprint density at radius 3 is 2.67 bits per heavy atom. The number of benzene rings is 1. The molecule has 0 aliphatic rings. The number of anilines is 2. The fourth-order valence-corrected chi connectivity index (χ4v) is 1.87. The Hall–Kier alpha value is -1.75. The summed E-state index contributed by atoms with van der Waals surface area (Å²) in [7, 11) is 2.03. The lowest BCUT2D eigenvalue weighted by molar-refractivity contribution is 0.243. The minimum Gasteiger partial charge on any atom is -0.396 e. The van der Waals surface area contributed by atoms with Crippen molar-refractivity contribution in [3.8, 4) is 0 Å². The number of amides is 2. The number of hydrogen-bond donors (Lipinski definition) is 3. The van der Waals surface area contributed by atoms with Crippen LogP contribution in [0.25, 0.3) is 0 Å². The molecule has 21 heavy (non-hydrogen) atoms. The smallest absolute Gasteiger partial charge is 0.319 e. The number of urea groups is 1. The van der Waals surface area contributed by atoms with Crippen LogP contribution in [0, 0.1) is 5.92 Å². The molecule has 0 aliphatic carbocycles. The average molecular weight is 293 g/mol. The lowest BCUT2D eigenvalue weighted by Gasteiger charge is -2.24. The van der Waals surface area contributed by atoms with Crippen LogP contribution in [0.1, 0.15) is 27.2 Å². The van der Waals surface area contributed by atoms with E-state index in [0.29, 0.717) is 19.0 Å². The van der Waals surface area contributed by atoms with E-state index in [1.165, 1.54) is 0 Å². The molecular formula is C16H27N3O2. The number of carbonyl (C=O) groups excluding carboxylic acids is 1. The number of rotatable bonds is 7. The van der Waals surface area contributed by atoms with Crippen molar-refractivity contribution in [3.05, 3.63) is 24.3 Å². The minimum atomic E-state index is -0.218. The summed E-state index contributed by atoms with van der Waals surface area (Å²) in [6.07, 6.45) is 0.689. The van der Waals surface area contributed by atoms with Gasteiger partial charge in [0.25, 0.3) is 0 Å². The summed E-state index contributed by atoms with van der Waals surface area (Å²) in [5.41, 5.74) is 1.84. The molecule has 0 fully saturated rings. The van der Waals surface area contributed by atoms with E-state index in [1.807, 2.05) is 38.2 Å². The van der Waals surface area contributed by atoms with Gasteiger partial charge in [-0.3, -0.25) is 0 Å². The third-order valence-electron chi connectivity index (χ3n) is 3.52. The molecule has 1 aromatic carbocycles.